The van der Waals surface area contributed by atoms with E-state index in [1.165, 1.54) is 0 Å². The highest BCUT2D eigenvalue weighted by Gasteiger charge is 2.05. The molecule has 5 heteroatoms. The van der Waals surface area contributed by atoms with E-state index >= 15 is 0 Å². The molecule has 0 aliphatic rings. The fourth-order valence-corrected chi connectivity index (χ4v) is 1.81. The number of benzene rings is 1. The lowest BCUT2D eigenvalue weighted by molar-refractivity contribution is -0.115. The molecule has 1 amide bonds. The van der Waals surface area contributed by atoms with Gasteiger partial charge in [-0.3, -0.25) is 4.79 Å². The molecule has 1 rings (SSSR count). The van der Waals surface area contributed by atoms with Gasteiger partial charge in [-0.25, -0.2) is 0 Å². The quantitative estimate of drug-likeness (QED) is 0.883. The first-order valence-corrected chi connectivity index (χ1v) is 6.57. The van der Waals surface area contributed by atoms with Crippen molar-refractivity contribution in [3.05, 3.63) is 23.2 Å². The molecule has 1 aromatic rings. The second-order valence-electron chi connectivity index (χ2n) is 3.14. The van der Waals surface area contributed by atoms with Gasteiger partial charge in [-0.05, 0) is 24.5 Å². The van der Waals surface area contributed by atoms with Crippen LogP contribution in [0.15, 0.2) is 18.2 Å². The van der Waals surface area contributed by atoms with Crippen LogP contribution in [0.4, 0.5) is 5.69 Å². The normalized spacial score (nSPS) is 9.94. The van der Waals surface area contributed by atoms with E-state index in [0.29, 0.717) is 22.9 Å². The molecule has 0 unspecified atom stereocenters. The van der Waals surface area contributed by atoms with Crippen LogP contribution in [0.5, 0.6) is 5.75 Å². The zero-order valence-corrected chi connectivity index (χ0v) is 10.8. The fourth-order valence-electron chi connectivity index (χ4n) is 1.16. The van der Waals surface area contributed by atoms with Gasteiger partial charge >= 0.3 is 0 Å². The molecular formula is C11H14ClNO2S. The number of halogens is 1. The average molecular weight is 260 g/mol. The molecule has 0 aliphatic heterocycles. The standard InChI is InChI=1S/C11H14ClNO2S/c1-15-10-4-3-8(7-9(10)12)13-11(14)5-6-16-2/h3-4,7H,5-6H2,1-2H3,(H,13,14). The Morgan fingerprint density at radius 3 is 2.88 bits per heavy atom. The Morgan fingerprint density at radius 1 is 1.56 bits per heavy atom. The minimum absolute atomic E-state index is 0.00409. The van der Waals surface area contributed by atoms with E-state index in [-0.39, 0.29) is 5.91 Å². The average Bonchev–Trinajstić information content (AvgIpc) is 2.26. The highest BCUT2D eigenvalue weighted by molar-refractivity contribution is 7.98. The Kier molecular flexibility index (Phi) is 5.49. The molecular weight excluding hydrogens is 246 g/mol. The molecule has 0 saturated carbocycles. The summed E-state index contributed by atoms with van der Waals surface area (Å²) in [5.74, 6) is 1.41. The number of thioether (sulfide) groups is 1. The molecule has 0 fully saturated rings. The molecule has 16 heavy (non-hydrogen) atoms. The number of carbonyl (C=O) groups excluding carboxylic acids is 1. The third kappa shape index (κ3) is 3.94. The molecule has 0 radical (unpaired) electrons. The number of nitrogens with one attached hydrogen (secondary N) is 1. The van der Waals surface area contributed by atoms with Crippen LogP contribution in [0.1, 0.15) is 6.42 Å². The summed E-state index contributed by atoms with van der Waals surface area (Å²) < 4.78 is 5.02. The van der Waals surface area contributed by atoms with Crippen LogP contribution >= 0.6 is 23.4 Å². The van der Waals surface area contributed by atoms with Crippen molar-refractivity contribution < 1.29 is 9.53 Å². The maximum atomic E-state index is 11.4. The SMILES string of the molecule is COc1ccc(NC(=O)CCSC)cc1Cl. The zero-order chi connectivity index (χ0) is 12.0. The van der Waals surface area contributed by atoms with Crippen molar-refractivity contribution in [2.24, 2.45) is 0 Å². The molecule has 0 atom stereocenters. The van der Waals surface area contributed by atoms with Crippen molar-refractivity contribution in [1.82, 2.24) is 0 Å². The minimum atomic E-state index is -0.00409. The van der Waals surface area contributed by atoms with Gasteiger partial charge in [0, 0.05) is 17.9 Å². The summed E-state index contributed by atoms with van der Waals surface area (Å²) in [7, 11) is 1.55. The van der Waals surface area contributed by atoms with Crippen molar-refractivity contribution in [3.8, 4) is 5.75 Å². The number of amides is 1. The molecule has 0 heterocycles. The van der Waals surface area contributed by atoms with Crippen LogP contribution in [0.25, 0.3) is 0 Å². The number of rotatable bonds is 5. The van der Waals surface area contributed by atoms with E-state index < -0.39 is 0 Å². The predicted molar refractivity (Wildman–Crippen MR) is 69.6 cm³/mol. The monoisotopic (exact) mass is 259 g/mol. The van der Waals surface area contributed by atoms with Crippen LogP contribution in [-0.4, -0.2) is 25.0 Å². The molecule has 0 saturated heterocycles. The van der Waals surface area contributed by atoms with Crippen LogP contribution in [0.3, 0.4) is 0 Å². The first-order valence-electron chi connectivity index (χ1n) is 4.79. The summed E-state index contributed by atoms with van der Waals surface area (Å²) in [6.07, 6.45) is 2.47. The Hall–Kier alpha value is -0.870. The molecule has 3 nitrogen and oxygen atoms in total. The number of anilines is 1. The number of hydrogen-bond acceptors (Lipinski definition) is 3. The molecule has 0 bridgehead atoms. The molecule has 0 aromatic heterocycles. The van der Waals surface area contributed by atoms with Crippen LogP contribution in [0.2, 0.25) is 5.02 Å². The maximum Gasteiger partial charge on any atom is 0.225 e. The van der Waals surface area contributed by atoms with Gasteiger partial charge in [0.15, 0.2) is 0 Å². The Balaban J connectivity index is 2.61. The molecule has 0 spiro atoms. The van der Waals surface area contributed by atoms with Crippen molar-refractivity contribution >= 4 is 35.0 Å². The summed E-state index contributed by atoms with van der Waals surface area (Å²) in [5.41, 5.74) is 0.692. The Bertz CT molecular complexity index is 371. The molecule has 1 aromatic carbocycles. The summed E-state index contributed by atoms with van der Waals surface area (Å²) in [6, 6.07) is 5.17. The summed E-state index contributed by atoms with van der Waals surface area (Å²) in [6.45, 7) is 0. The van der Waals surface area contributed by atoms with Gasteiger partial charge in [0.2, 0.25) is 5.91 Å². The second kappa shape index (κ2) is 6.66. The fraction of sp³-hybridized carbons (Fsp3) is 0.364. The van der Waals surface area contributed by atoms with Gasteiger partial charge in [-0.2, -0.15) is 11.8 Å². The Labute approximate surface area is 105 Å². The van der Waals surface area contributed by atoms with Crippen molar-refractivity contribution in [2.75, 3.05) is 24.4 Å². The highest BCUT2D eigenvalue weighted by Crippen LogP contribution is 2.27. The number of ether oxygens (including phenoxy) is 1. The van der Waals surface area contributed by atoms with Crippen LogP contribution in [0, 0.1) is 0 Å². The number of hydrogen-bond donors (Lipinski definition) is 1. The second-order valence-corrected chi connectivity index (χ2v) is 4.53. The van der Waals surface area contributed by atoms with Crippen molar-refractivity contribution in [1.29, 1.82) is 0 Å². The van der Waals surface area contributed by atoms with Crippen molar-refractivity contribution in [2.45, 2.75) is 6.42 Å². The first kappa shape index (κ1) is 13.2. The van der Waals surface area contributed by atoms with Crippen molar-refractivity contribution in [3.63, 3.8) is 0 Å². The van der Waals surface area contributed by atoms with E-state index in [2.05, 4.69) is 5.32 Å². The van der Waals surface area contributed by atoms with E-state index in [9.17, 15) is 4.79 Å². The number of methoxy groups -OCH3 is 1. The van der Waals surface area contributed by atoms with Gasteiger partial charge < -0.3 is 10.1 Å². The summed E-state index contributed by atoms with van der Waals surface area (Å²) >= 11 is 7.58. The Morgan fingerprint density at radius 2 is 2.31 bits per heavy atom. The van der Waals surface area contributed by atoms with Gasteiger partial charge in [-0.15, -0.1) is 0 Å². The lowest BCUT2D eigenvalue weighted by Gasteiger charge is -2.07. The minimum Gasteiger partial charge on any atom is -0.495 e. The molecule has 0 aliphatic carbocycles. The lowest BCUT2D eigenvalue weighted by atomic mass is 10.3. The predicted octanol–water partition coefficient (Wildman–Crippen LogP) is 3.04. The summed E-state index contributed by atoms with van der Waals surface area (Å²) in [5, 5.41) is 3.27. The van der Waals surface area contributed by atoms with Gasteiger partial charge in [0.05, 0.1) is 12.1 Å². The van der Waals surface area contributed by atoms with E-state index in [0.717, 1.165) is 5.75 Å². The van der Waals surface area contributed by atoms with Gasteiger partial charge in [0.25, 0.3) is 0 Å². The van der Waals surface area contributed by atoms with Crippen LogP contribution in [-0.2, 0) is 4.79 Å². The highest BCUT2D eigenvalue weighted by atomic mass is 35.5. The van der Waals surface area contributed by atoms with Gasteiger partial charge in [0.1, 0.15) is 5.75 Å². The smallest absolute Gasteiger partial charge is 0.225 e. The molecule has 88 valence electrons. The van der Waals surface area contributed by atoms with E-state index in [4.69, 9.17) is 16.3 Å². The summed E-state index contributed by atoms with van der Waals surface area (Å²) in [4.78, 5) is 11.4. The van der Waals surface area contributed by atoms with E-state index in [1.807, 2.05) is 6.26 Å². The third-order valence-corrected chi connectivity index (χ3v) is 2.88. The molecule has 1 N–H and O–H groups in total. The third-order valence-electron chi connectivity index (χ3n) is 1.97. The maximum absolute atomic E-state index is 11.4. The lowest BCUT2D eigenvalue weighted by Crippen LogP contribution is -2.12. The van der Waals surface area contributed by atoms with Gasteiger partial charge in [-0.1, -0.05) is 11.6 Å². The number of carbonyl (C=O) groups is 1. The first-order chi connectivity index (χ1) is 7.67. The zero-order valence-electron chi connectivity index (χ0n) is 9.25. The largest absolute Gasteiger partial charge is 0.495 e. The van der Waals surface area contributed by atoms with Crippen LogP contribution < -0.4 is 10.1 Å². The van der Waals surface area contributed by atoms with E-state index in [1.54, 1.807) is 37.1 Å². The topological polar surface area (TPSA) is 38.3 Å².